The van der Waals surface area contributed by atoms with Crippen molar-refractivity contribution < 1.29 is 4.74 Å². The van der Waals surface area contributed by atoms with Crippen molar-refractivity contribution in [3.05, 3.63) is 76.9 Å². The Morgan fingerprint density at radius 1 is 0.952 bits per heavy atom. The lowest BCUT2D eigenvalue weighted by Gasteiger charge is -2.27. The molecule has 2 aromatic rings. The van der Waals surface area contributed by atoms with E-state index in [1.807, 2.05) is 0 Å². The third kappa shape index (κ3) is 2.79. The first kappa shape index (κ1) is 14.1. The normalized spacial score (nSPS) is 15.7. The summed E-state index contributed by atoms with van der Waals surface area (Å²) in [5.74, 6) is 0. The van der Waals surface area contributed by atoms with Gasteiger partial charge < -0.3 is 4.74 Å². The number of ether oxygens (including phenoxy) is 1. The van der Waals surface area contributed by atoms with Crippen LogP contribution in [0.1, 0.15) is 37.0 Å². The van der Waals surface area contributed by atoms with Gasteiger partial charge in [-0.2, -0.15) is 0 Å². The highest BCUT2D eigenvalue weighted by molar-refractivity contribution is 5.85. The highest BCUT2D eigenvalue weighted by atomic mass is 16.5. The molecule has 0 aliphatic heterocycles. The summed E-state index contributed by atoms with van der Waals surface area (Å²) in [5, 5.41) is 0. The van der Waals surface area contributed by atoms with Crippen LogP contribution in [0.15, 0.2) is 60.2 Å². The number of aryl methyl sites for hydroxylation is 1. The summed E-state index contributed by atoms with van der Waals surface area (Å²) in [6, 6.07) is 19.5. The second kappa shape index (κ2) is 6.28. The monoisotopic (exact) mass is 278 g/mol. The SMILES string of the molecule is CCOC(C)C1=C(c2ccccc2)c2ccccc2CC1. The van der Waals surface area contributed by atoms with E-state index in [9.17, 15) is 0 Å². The molecule has 0 bridgehead atoms. The van der Waals surface area contributed by atoms with Crippen LogP contribution in [0.2, 0.25) is 0 Å². The highest BCUT2D eigenvalue weighted by Crippen LogP contribution is 2.37. The molecule has 21 heavy (non-hydrogen) atoms. The molecule has 0 radical (unpaired) electrons. The van der Waals surface area contributed by atoms with Crippen LogP contribution in [0.5, 0.6) is 0 Å². The summed E-state index contributed by atoms with van der Waals surface area (Å²) in [4.78, 5) is 0. The molecule has 0 spiro atoms. The Hall–Kier alpha value is -1.86. The minimum atomic E-state index is 0.179. The van der Waals surface area contributed by atoms with Crippen molar-refractivity contribution in [2.24, 2.45) is 0 Å². The number of rotatable bonds is 4. The van der Waals surface area contributed by atoms with Gasteiger partial charge in [0.05, 0.1) is 6.10 Å². The van der Waals surface area contributed by atoms with Crippen molar-refractivity contribution in [1.29, 1.82) is 0 Å². The van der Waals surface area contributed by atoms with Crippen molar-refractivity contribution in [1.82, 2.24) is 0 Å². The molecule has 0 aromatic heterocycles. The minimum Gasteiger partial charge on any atom is -0.374 e. The molecule has 0 amide bonds. The number of fused-ring (bicyclic) bond motifs is 1. The lowest BCUT2D eigenvalue weighted by molar-refractivity contribution is 0.0992. The van der Waals surface area contributed by atoms with Crippen LogP contribution in [-0.4, -0.2) is 12.7 Å². The Bertz CT molecular complexity index is 640. The van der Waals surface area contributed by atoms with Gasteiger partial charge in [0.2, 0.25) is 0 Å². The van der Waals surface area contributed by atoms with E-state index in [1.54, 1.807) is 0 Å². The zero-order valence-electron chi connectivity index (χ0n) is 12.8. The zero-order chi connectivity index (χ0) is 14.7. The second-order valence-electron chi connectivity index (χ2n) is 5.52. The summed E-state index contributed by atoms with van der Waals surface area (Å²) in [6.45, 7) is 5.00. The van der Waals surface area contributed by atoms with E-state index < -0.39 is 0 Å². The third-order valence-corrected chi connectivity index (χ3v) is 4.24. The molecule has 0 fully saturated rings. The molecule has 0 saturated carbocycles. The fourth-order valence-electron chi connectivity index (χ4n) is 3.25. The average molecular weight is 278 g/mol. The first-order valence-electron chi connectivity index (χ1n) is 7.79. The molecular formula is C20H22O. The van der Waals surface area contributed by atoms with Crippen molar-refractivity contribution in [3.63, 3.8) is 0 Å². The molecule has 1 aliphatic rings. The van der Waals surface area contributed by atoms with Gasteiger partial charge in [-0.05, 0) is 54.5 Å². The van der Waals surface area contributed by atoms with E-state index in [0.717, 1.165) is 19.4 Å². The predicted octanol–water partition coefficient (Wildman–Crippen LogP) is 4.86. The van der Waals surface area contributed by atoms with Gasteiger partial charge in [0.25, 0.3) is 0 Å². The fraction of sp³-hybridized carbons (Fsp3) is 0.300. The molecule has 1 atom stereocenters. The van der Waals surface area contributed by atoms with Crippen LogP contribution >= 0.6 is 0 Å². The molecule has 0 saturated heterocycles. The summed E-state index contributed by atoms with van der Waals surface area (Å²) in [5.41, 5.74) is 6.92. The second-order valence-corrected chi connectivity index (χ2v) is 5.52. The van der Waals surface area contributed by atoms with Gasteiger partial charge in [0.1, 0.15) is 0 Å². The Labute approximate surface area is 127 Å². The van der Waals surface area contributed by atoms with E-state index in [-0.39, 0.29) is 6.10 Å². The van der Waals surface area contributed by atoms with Crippen molar-refractivity contribution in [3.8, 4) is 0 Å². The standard InChI is InChI=1S/C20H22O/c1-3-21-15(2)18-14-13-16-9-7-8-12-19(16)20(18)17-10-5-4-6-11-17/h4-12,15H,3,13-14H2,1-2H3. The van der Waals surface area contributed by atoms with Crippen LogP contribution in [0, 0.1) is 0 Å². The Morgan fingerprint density at radius 3 is 2.43 bits per heavy atom. The molecule has 0 heterocycles. The lowest BCUT2D eigenvalue weighted by Crippen LogP contribution is -2.18. The van der Waals surface area contributed by atoms with Crippen LogP contribution < -0.4 is 0 Å². The van der Waals surface area contributed by atoms with E-state index in [4.69, 9.17) is 4.74 Å². The number of hydrogen-bond acceptors (Lipinski definition) is 1. The predicted molar refractivity (Wildman–Crippen MR) is 88.3 cm³/mol. The summed E-state index contributed by atoms with van der Waals surface area (Å²) in [6.07, 6.45) is 2.38. The smallest absolute Gasteiger partial charge is 0.0766 e. The van der Waals surface area contributed by atoms with Crippen LogP contribution in [0.3, 0.4) is 0 Å². The number of hydrogen-bond donors (Lipinski definition) is 0. The van der Waals surface area contributed by atoms with Gasteiger partial charge in [0.15, 0.2) is 0 Å². The summed E-state index contributed by atoms with van der Waals surface area (Å²) in [7, 11) is 0. The Morgan fingerprint density at radius 2 is 1.67 bits per heavy atom. The highest BCUT2D eigenvalue weighted by Gasteiger charge is 2.23. The van der Waals surface area contributed by atoms with Gasteiger partial charge in [-0.25, -0.2) is 0 Å². The molecule has 1 aliphatic carbocycles. The molecule has 108 valence electrons. The van der Waals surface area contributed by atoms with Crippen molar-refractivity contribution >= 4 is 5.57 Å². The van der Waals surface area contributed by atoms with Crippen molar-refractivity contribution in [2.45, 2.75) is 32.8 Å². The molecule has 1 heteroatoms. The minimum absolute atomic E-state index is 0.179. The Balaban J connectivity index is 2.17. The van der Waals surface area contributed by atoms with E-state index in [1.165, 1.54) is 27.8 Å². The molecule has 3 rings (SSSR count). The number of benzene rings is 2. The van der Waals surface area contributed by atoms with Crippen LogP contribution in [0.4, 0.5) is 0 Å². The largest absolute Gasteiger partial charge is 0.374 e. The first-order valence-corrected chi connectivity index (χ1v) is 7.79. The molecule has 1 nitrogen and oxygen atoms in total. The van der Waals surface area contributed by atoms with Gasteiger partial charge in [-0.15, -0.1) is 0 Å². The maximum atomic E-state index is 5.89. The zero-order valence-corrected chi connectivity index (χ0v) is 12.8. The Kier molecular flexibility index (Phi) is 4.21. The van der Waals surface area contributed by atoms with E-state index in [2.05, 4.69) is 68.4 Å². The third-order valence-electron chi connectivity index (χ3n) is 4.24. The lowest BCUT2D eigenvalue weighted by atomic mass is 9.80. The van der Waals surface area contributed by atoms with E-state index >= 15 is 0 Å². The summed E-state index contributed by atoms with van der Waals surface area (Å²) < 4.78 is 5.89. The molecular weight excluding hydrogens is 256 g/mol. The average Bonchev–Trinajstić information content (AvgIpc) is 2.55. The maximum Gasteiger partial charge on any atom is 0.0766 e. The summed E-state index contributed by atoms with van der Waals surface area (Å²) >= 11 is 0. The maximum absolute atomic E-state index is 5.89. The quantitative estimate of drug-likeness (QED) is 0.776. The van der Waals surface area contributed by atoms with Gasteiger partial charge in [-0.3, -0.25) is 0 Å². The van der Waals surface area contributed by atoms with Gasteiger partial charge in [-0.1, -0.05) is 54.6 Å². The van der Waals surface area contributed by atoms with Gasteiger partial charge in [0, 0.05) is 6.61 Å². The molecule has 1 unspecified atom stereocenters. The van der Waals surface area contributed by atoms with Gasteiger partial charge >= 0.3 is 0 Å². The topological polar surface area (TPSA) is 9.23 Å². The van der Waals surface area contributed by atoms with Crippen LogP contribution in [-0.2, 0) is 11.2 Å². The van der Waals surface area contributed by atoms with Crippen LogP contribution in [0.25, 0.3) is 5.57 Å². The van der Waals surface area contributed by atoms with E-state index in [0.29, 0.717) is 0 Å². The van der Waals surface area contributed by atoms with Crippen molar-refractivity contribution in [2.75, 3.05) is 6.61 Å². The molecule has 0 N–H and O–H groups in total. The fourth-order valence-corrected chi connectivity index (χ4v) is 3.25. The molecule has 2 aromatic carbocycles. The first-order chi connectivity index (χ1) is 10.3.